The molecule has 0 spiro atoms. The molecule has 4 nitrogen and oxygen atoms in total. The molecule has 2 rings (SSSR count). The van der Waals surface area contributed by atoms with Gasteiger partial charge in [-0.1, -0.05) is 18.6 Å². The third kappa shape index (κ3) is 4.53. The average molecular weight is 276 g/mol. The highest BCUT2D eigenvalue weighted by Crippen LogP contribution is 2.18. The second-order valence-electron chi connectivity index (χ2n) is 5.61. The summed E-state index contributed by atoms with van der Waals surface area (Å²) in [6.45, 7) is 1.68. The van der Waals surface area contributed by atoms with Crippen LogP contribution in [0.3, 0.4) is 0 Å². The summed E-state index contributed by atoms with van der Waals surface area (Å²) in [6.07, 6.45) is 5.30. The Bertz CT molecular complexity index is 431. The number of carbonyl (C=O) groups excluding carboxylic acids is 1. The van der Waals surface area contributed by atoms with Crippen LogP contribution in [0.1, 0.15) is 37.7 Å². The second kappa shape index (κ2) is 7.29. The first-order chi connectivity index (χ1) is 9.65. The highest BCUT2D eigenvalue weighted by atomic mass is 16.3. The molecule has 0 aromatic heterocycles. The van der Waals surface area contributed by atoms with Crippen molar-refractivity contribution in [1.29, 1.82) is 0 Å². The van der Waals surface area contributed by atoms with Gasteiger partial charge in [-0.25, -0.2) is 0 Å². The Morgan fingerprint density at radius 3 is 2.80 bits per heavy atom. The Morgan fingerprint density at radius 2 is 2.10 bits per heavy atom. The molecule has 0 saturated carbocycles. The quantitative estimate of drug-likeness (QED) is 0.867. The molecule has 2 N–H and O–H groups in total. The van der Waals surface area contributed by atoms with Crippen molar-refractivity contribution >= 4 is 5.91 Å². The minimum absolute atomic E-state index is 0.108. The number of nitrogens with one attached hydrogen (secondary N) is 1. The van der Waals surface area contributed by atoms with E-state index in [1.165, 1.54) is 19.3 Å². The number of rotatable bonds is 5. The van der Waals surface area contributed by atoms with E-state index in [9.17, 15) is 9.90 Å². The van der Waals surface area contributed by atoms with Crippen LogP contribution >= 0.6 is 0 Å². The lowest BCUT2D eigenvalue weighted by atomic mass is 9.98. The number of benzene rings is 1. The normalized spacial score (nSPS) is 19.8. The molecule has 1 atom stereocenters. The Hall–Kier alpha value is -1.55. The molecule has 1 fully saturated rings. The number of hydrogen-bond acceptors (Lipinski definition) is 3. The molecule has 0 aliphatic carbocycles. The lowest BCUT2D eigenvalue weighted by Crippen LogP contribution is -2.37. The fourth-order valence-electron chi connectivity index (χ4n) is 2.71. The largest absolute Gasteiger partial charge is 0.508 e. The molecule has 1 unspecified atom stereocenters. The Kier molecular flexibility index (Phi) is 5.41. The summed E-state index contributed by atoms with van der Waals surface area (Å²) in [5, 5.41) is 12.1. The number of piperidine rings is 1. The number of phenols is 1. The van der Waals surface area contributed by atoms with E-state index < -0.39 is 0 Å². The maximum atomic E-state index is 11.9. The van der Waals surface area contributed by atoms with E-state index in [4.69, 9.17) is 0 Å². The molecule has 1 aromatic carbocycles. The first kappa shape index (κ1) is 14.9. The maximum Gasteiger partial charge on any atom is 0.220 e. The highest BCUT2D eigenvalue weighted by molar-refractivity contribution is 5.75. The molecule has 1 aliphatic rings. The van der Waals surface area contributed by atoms with E-state index >= 15 is 0 Å². The molecule has 1 heterocycles. The number of amides is 1. The van der Waals surface area contributed by atoms with Crippen LogP contribution in [0.15, 0.2) is 24.3 Å². The average Bonchev–Trinajstić information content (AvgIpc) is 2.46. The molecule has 1 aliphatic heterocycles. The molecule has 20 heavy (non-hydrogen) atoms. The van der Waals surface area contributed by atoms with Crippen molar-refractivity contribution in [2.24, 2.45) is 0 Å². The van der Waals surface area contributed by atoms with Crippen molar-refractivity contribution in [2.75, 3.05) is 13.6 Å². The zero-order valence-corrected chi connectivity index (χ0v) is 12.1. The minimum Gasteiger partial charge on any atom is -0.508 e. The lowest BCUT2D eigenvalue weighted by Gasteiger charge is -2.32. The summed E-state index contributed by atoms with van der Waals surface area (Å²) >= 11 is 0. The van der Waals surface area contributed by atoms with Gasteiger partial charge in [-0.15, -0.1) is 0 Å². The van der Waals surface area contributed by atoms with E-state index in [-0.39, 0.29) is 11.7 Å². The first-order valence-electron chi connectivity index (χ1n) is 7.40. The molecule has 1 saturated heterocycles. The summed E-state index contributed by atoms with van der Waals surface area (Å²) in [7, 11) is 2.15. The van der Waals surface area contributed by atoms with Gasteiger partial charge >= 0.3 is 0 Å². The summed E-state index contributed by atoms with van der Waals surface area (Å²) in [6, 6.07) is 7.48. The molecule has 0 bridgehead atoms. The third-order valence-corrected chi connectivity index (χ3v) is 4.05. The van der Waals surface area contributed by atoms with E-state index in [2.05, 4.69) is 17.3 Å². The van der Waals surface area contributed by atoms with Crippen LogP contribution in [0.25, 0.3) is 0 Å². The maximum absolute atomic E-state index is 11.9. The van der Waals surface area contributed by atoms with Crippen molar-refractivity contribution < 1.29 is 9.90 Å². The summed E-state index contributed by atoms with van der Waals surface area (Å²) < 4.78 is 0. The van der Waals surface area contributed by atoms with Gasteiger partial charge in [0, 0.05) is 19.0 Å². The Labute approximate surface area is 120 Å². The fraction of sp³-hybridized carbons (Fsp3) is 0.562. The Balaban J connectivity index is 1.68. The summed E-state index contributed by atoms with van der Waals surface area (Å²) in [4.78, 5) is 14.2. The molecular formula is C16H24N2O2. The van der Waals surface area contributed by atoms with Gasteiger partial charge in [0.2, 0.25) is 5.91 Å². The highest BCUT2D eigenvalue weighted by Gasteiger charge is 2.19. The van der Waals surface area contributed by atoms with Gasteiger partial charge < -0.3 is 15.3 Å². The van der Waals surface area contributed by atoms with E-state index in [1.807, 2.05) is 12.1 Å². The number of phenolic OH excluding ortho intramolecular Hbond substituents is 1. The van der Waals surface area contributed by atoms with Gasteiger partial charge in [0.05, 0.1) is 0 Å². The molecule has 4 heteroatoms. The van der Waals surface area contributed by atoms with Gasteiger partial charge in [-0.3, -0.25) is 4.79 Å². The van der Waals surface area contributed by atoms with Crippen molar-refractivity contribution in [3.05, 3.63) is 29.8 Å². The zero-order chi connectivity index (χ0) is 14.4. The standard InChI is InChI=1S/C16H24N2O2/c1-18-11-3-2-4-14(18)7-10-16(20)17-12-13-5-8-15(19)9-6-13/h5-6,8-9,14,19H,2-4,7,10-12H2,1H3,(H,17,20). The zero-order valence-electron chi connectivity index (χ0n) is 12.1. The van der Waals surface area contributed by atoms with Crippen molar-refractivity contribution in [2.45, 2.75) is 44.7 Å². The molecule has 1 amide bonds. The smallest absolute Gasteiger partial charge is 0.220 e. The number of hydrogen-bond donors (Lipinski definition) is 2. The number of carbonyl (C=O) groups is 1. The lowest BCUT2D eigenvalue weighted by molar-refractivity contribution is -0.121. The van der Waals surface area contributed by atoms with Gasteiger partial charge in [0.25, 0.3) is 0 Å². The summed E-state index contributed by atoms with van der Waals surface area (Å²) in [5.41, 5.74) is 1.01. The monoisotopic (exact) mass is 276 g/mol. The van der Waals surface area contributed by atoms with Gasteiger partial charge in [-0.05, 0) is 50.6 Å². The fourth-order valence-corrected chi connectivity index (χ4v) is 2.71. The van der Waals surface area contributed by atoms with Crippen LogP contribution in [0, 0.1) is 0 Å². The van der Waals surface area contributed by atoms with Crippen LogP contribution in [-0.4, -0.2) is 35.5 Å². The summed E-state index contributed by atoms with van der Waals surface area (Å²) in [5.74, 6) is 0.359. The molecular weight excluding hydrogens is 252 g/mol. The topological polar surface area (TPSA) is 52.6 Å². The molecule has 110 valence electrons. The third-order valence-electron chi connectivity index (χ3n) is 4.05. The SMILES string of the molecule is CN1CCCCC1CCC(=O)NCc1ccc(O)cc1. The van der Waals surface area contributed by atoms with Gasteiger partial charge in [-0.2, -0.15) is 0 Å². The van der Waals surface area contributed by atoms with Crippen LogP contribution in [-0.2, 0) is 11.3 Å². The Morgan fingerprint density at radius 1 is 1.35 bits per heavy atom. The predicted molar refractivity (Wildman–Crippen MR) is 79.5 cm³/mol. The van der Waals surface area contributed by atoms with Gasteiger partial charge in [0.15, 0.2) is 0 Å². The van der Waals surface area contributed by atoms with Crippen molar-refractivity contribution in [3.8, 4) is 5.75 Å². The van der Waals surface area contributed by atoms with Crippen LogP contribution in [0.2, 0.25) is 0 Å². The van der Waals surface area contributed by atoms with Crippen LogP contribution in [0.5, 0.6) is 5.75 Å². The van der Waals surface area contributed by atoms with E-state index in [1.54, 1.807) is 12.1 Å². The number of likely N-dealkylation sites (tertiary alicyclic amines) is 1. The van der Waals surface area contributed by atoms with E-state index in [0.29, 0.717) is 19.0 Å². The molecule has 1 aromatic rings. The number of aromatic hydroxyl groups is 1. The minimum atomic E-state index is 0.108. The first-order valence-corrected chi connectivity index (χ1v) is 7.40. The van der Waals surface area contributed by atoms with Crippen molar-refractivity contribution in [1.82, 2.24) is 10.2 Å². The van der Waals surface area contributed by atoms with Crippen LogP contribution in [0.4, 0.5) is 0 Å². The molecule has 0 radical (unpaired) electrons. The van der Waals surface area contributed by atoms with Gasteiger partial charge in [0.1, 0.15) is 5.75 Å². The van der Waals surface area contributed by atoms with Crippen molar-refractivity contribution in [3.63, 3.8) is 0 Å². The second-order valence-corrected chi connectivity index (χ2v) is 5.61. The predicted octanol–water partition coefficient (Wildman–Crippen LogP) is 2.27. The van der Waals surface area contributed by atoms with Crippen LogP contribution < -0.4 is 5.32 Å². The van der Waals surface area contributed by atoms with E-state index in [0.717, 1.165) is 18.5 Å². The number of nitrogens with zero attached hydrogens (tertiary/aromatic N) is 1.